The molecule has 11 heteroatoms. The highest BCUT2D eigenvalue weighted by atomic mass is 32.1. The number of likely N-dealkylation sites (N-methyl/N-ethyl adjacent to an activating group) is 1. The Bertz CT molecular complexity index is 739. The number of hydrogen-bond donors (Lipinski definition) is 2. The number of carbonyl (C=O) groups excluding carboxylic acids is 2. The first-order valence-electron chi connectivity index (χ1n) is 9.09. The van der Waals surface area contributed by atoms with Gasteiger partial charge in [-0.1, -0.05) is 6.07 Å². The van der Waals surface area contributed by atoms with E-state index in [-0.39, 0.29) is 17.9 Å². The van der Waals surface area contributed by atoms with Gasteiger partial charge in [0.05, 0.1) is 10.9 Å². The molecule has 2 aliphatic heterocycles. The van der Waals surface area contributed by atoms with E-state index in [1.165, 1.54) is 11.3 Å². The number of thiophene rings is 1. The minimum absolute atomic E-state index is 0.0565. The molecule has 3 atom stereocenters. The second-order valence-electron chi connectivity index (χ2n) is 7.22. The quantitative estimate of drug-likeness (QED) is 0.759. The van der Waals surface area contributed by atoms with E-state index in [1.54, 1.807) is 7.05 Å². The molecule has 0 bridgehead atoms. The third-order valence-electron chi connectivity index (χ3n) is 5.08. The van der Waals surface area contributed by atoms with E-state index in [0.29, 0.717) is 18.0 Å². The van der Waals surface area contributed by atoms with Gasteiger partial charge in [0.2, 0.25) is 5.91 Å². The van der Waals surface area contributed by atoms with Crippen molar-refractivity contribution in [2.24, 2.45) is 5.92 Å². The fourth-order valence-corrected chi connectivity index (χ4v) is 4.63. The lowest BCUT2D eigenvalue weighted by atomic mass is 10.0. The molecule has 2 amide bonds. The molecule has 162 valence electrons. The van der Waals surface area contributed by atoms with Gasteiger partial charge in [0.15, 0.2) is 0 Å². The van der Waals surface area contributed by atoms with Crippen LogP contribution in [0.5, 0.6) is 0 Å². The van der Waals surface area contributed by atoms with E-state index >= 15 is 0 Å². The Morgan fingerprint density at radius 2 is 1.90 bits per heavy atom. The molecule has 0 aromatic carbocycles. The first-order valence-corrected chi connectivity index (χ1v) is 9.97. The number of aliphatic carboxylic acids is 1. The van der Waals surface area contributed by atoms with Crippen LogP contribution >= 0.6 is 11.3 Å². The third-order valence-corrected chi connectivity index (χ3v) is 5.94. The number of carboxylic acid groups (broad SMARTS) is 1. The summed E-state index contributed by atoms with van der Waals surface area (Å²) in [6.07, 6.45) is -4.24. The van der Waals surface area contributed by atoms with E-state index in [9.17, 15) is 22.8 Å². The van der Waals surface area contributed by atoms with Crippen LogP contribution in [0.4, 0.5) is 13.2 Å². The van der Waals surface area contributed by atoms with Gasteiger partial charge in [0.1, 0.15) is 0 Å². The Balaban J connectivity index is 0.000000370. The van der Waals surface area contributed by atoms with Crippen LogP contribution in [0.3, 0.4) is 0 Å². The number of amides is 2. The maximum Gasteiger partial charge on any atom is 0.490 e. The predicted octanol–water partition coefficient (Wildman–Crippen LogP) is 2.05. The van der Waals surface area contributed by atoms with Gasteiger partial charge >= 0.3 is 12.1 Å². The van der Waals surface area contributed by atoms with Crippen LogP contribution < -0.4 is 5.32 Å². The first-order chi connectivity index (χ1) is 13.5. The van der Waals surface area contributed by atoms with Gasteiger partial charge in [-0.2, -0.15) is 13.2 Å². The van der Waals surface area contributed by atoms with Gasteiger partial charge in [-0.05, 0) is 37.6 Å². The van der Waals surface area contributed by atoms with E-state index < -0.39 is 12.1 Å². The zero-order valence-electron chi connectivity index (χ0n) is 16.3. The molecule has 0 spiro atoms. The molecule has 2 aliphatic rings. The maximum absolute atomic E-state index is 12.5. The molecule has 0 radical (unpaired) electrons. The van der Waals surface area contributed by atoms with Crippen molar-refractivity contribution in [1.82, 2.24) is 15.1 Å². The smallest absolute Gasteiger partial charge is 0.475 e. The van der Waals surface area contributed by atoms with Crippen LogP contribution in [0.2, 0.25) is 0 Å². The summed E-state index contributed by atoms with van der Waals surface area (Å²) in [5.41, 5.74) is 0. The lowest BCUT2D eigenvalue weighted by Gasteiger charge is -2.33. The number of halogens is 3. The molecule has 0 unspecified atom stereocenters. The molecule has 2 N–H and O–H groups in total. The normalized spacial score (nSPS) is 24.1. The molecular weight excluding hydrogens is 411 g/mol. The molecule has 0 saturated carbocycles. The first kappa shape index (κ1) is 23.1. The van der Waals surface area contributed by atoms with E-state index in [0.717, 1.165) is 24.4 Å². The maximum atomic E-state index is 12.5. The van der Waals surface area contributed by atoms with Crippen molar-refractivity contribution in [3.63, 3.8) is 0 Å². The fourth-order valence-electron chi connectivity index (χ4n) is 3.94. The Morgan fingerprint density at radius 3 is 2.34 bits per heavy atom. The second kappa shape index (κ2) is 9.12. The number of likely N-dealkylation sites (tertiary alicyclic amines) is 2. The average molecular weight is 435 g/mol. The highest BCUT2D eigenvalue weighted by Crippen LogP contribution is 2.37. The van der Waals surface area contributed by atoms with E-state index in [1.807, 2.05) is 22.4 Å². The average Bonchev–Trinajstić information content (AvgIpc) is 3.34. The van der Waals surface area contributed by atoms with Crippen LogP contribution in [0.15, 0.2) is 17.5 Å². The topological polar surface area (TPSA) is 90.0 Å². The number of hydrogen-bond acceptors (Lipinski definition) is 5. The monoisotopic (exact) mass is 435 g/mol. The molecule has 3 heterocycles. The molecule has 1 aromatic heterocycles. The lowest BCUT2D eigenvalue weighted by Crippen LogP contribution is -2.50. The molecule has 2 saturated heterocycles. The van der Waals surface area contributed by atoms with Gasteiger partial charge < -0.3 is 15.3 Å². The Morgan fingerprint density at radius 1 is 1.28 bits per heavy atom. The SMILES string of the molecule is CNC(=O)[C@@H]1C[C@H]2CN(C(=O)c3cccs3)C[C@H]2N1C(C)C.O=C(O)C(F)(F)F. The lowest BCUT2D eigenvalue weighted by molar-refractivity contribution is -0.192. The summed E-state index contributed by atoms with van der Waals surface area (Å²) in [5, 5.41) is 11.8. The van der Waals surface area contributed by atoms with Crippen molar-refractivity contribution >= 4 is 29.1 Å². The summed E-state index contributed by atoms with van der Waals surface area (Å²) >= 11 is 1.49. The second-order valence-corrected chi connectivity index (χ2v) is 8.17. The Hall–Kier alpha value is -2.14. The van der Waals surface area contributed by atoms with Gasteiger partial charge in [-0.25, -0.2) is 4.79 Å². The standard InChI is InChI=1S/C16H23N3O2S.C2HF3O2/c1-10(2)19-12(15(20)17-3)7-11-8-18(9-13(11)19)16(21)14-5-4-6-22-14;3-2(4,5)1(6)7/h4-6,10-13H,7-9H2,1-3H3,(H,17,20);(H,6,7)/t11-,12-,13+;/m0./s1. The molecule has 1 aromatic rings. The van der Waals surface area contributed by atoms with Crippen LogP contribution in [-0.4, -0.2) is 77.1 Å². The molecule has 0 aliphatic carbocycles. The zero-order chi connectivity index (χ0) is 21.9. The molecule has 2 fully saturated rings. The summed E-state index contributed by atoms with van der Waals surface area (Å²) in [4.78, 5) is 38.6. The van der Waals surface area contributed by atoms with Crippen molar-refractivity contribution in [3.8, 4) is 0 Å². The molecule has 3 rings (SSSR count). The highest BCUT2D eigenvalue weighted by Gasteiger charge is 2.50. The fraction of sp³-hybridized carbons (Fsp3) is 0.611. The Kier molecular flexibility index (Phi) is 7.28. The largest absolute Gasteiger partial charge is 0.490 e. The summed E-state index contributed by atoms with van der Waals surface area (Å²) in [6, 6.07) is 4.34. The molecule has 7 nitrogen and oxygen atoms in total. The number of carbonyl (C=O) groups is 3. The van der Waals surface area contributed by atoms with Crippen LogP contribution in [0.1, 0.15) is 29.9 Å². The summed E-state index contributed by atoms with van der Waals surface area (Å²) in [5.74, 6) is -2.13. The van der Waals surface area contributed by atoms with Crippen LogP contribution in [0.25, 0.3) is 0 Å². The third kappa shape index (κ3) is 5.27. The zero-order valence-corrected chi connectivity index (χ0v) is 17.1. The predicted molar refractivity (Wildman–Crippen MR) is 101 cm³/mol. The van der Waals surface area contributed by atoms with Crippen LogP contribution in [-0.2, 0) is 9.59 Å². The van der Waals surface area contributed by atoms with E-state index in [4.69, 9.17) is 9.90 Å². The molecular formula is C18H24F3N3O4S. The Labute approximate surface area is 170 Å². The number of nitrogens with one attached hydrogen (secondary N) is 1. The van der Waals surface area contributed by atoms with Crippen molar-refractivity contribution in [2.45, 2.75) is 44.6 Å². The molecule has 29 heavy (non-hydrogen) atoms. The van der Waals surface area contributed by atoms with E-state index in [2.05, 4.69) is 24.1 Å². The number of alkyl halides is 3. The number of fused-ring (bicyclic) bond motifs is 1. The van der Waals surface area contributed by atoms with Crippen molar-refractivity contribution in [1.29, 1.82) is 0 Å². The van der Waals surface area contributed by atoms with Gasteiger partial charge in [0, 0.05) is 32.2 Å². The number of nitrogens with zero attached hydrogens (tertiary/aromatic N) is 2. The highest BCUT2D eigenvalue weighted by molar-refractivity contribution is 7.12. The summed E-state index contributed by atoms with van der Waals surface area (Å²) < 4.78 is 31.7. The number of rotatable bonds is 3. The van der Waals surface area contributed by atoms with Crippen molar-refractivity contribution in [3.05, 3.63) is 22.4 Å². The minimum Gasteiger partial charge on any atom is -0.475 e. The summed E-state index contributed by atoms with van der Waals surface area (Å²) in [6.45, 7) is 5.75. The van der Waals surface area contributed by atoms with Crippen molar-refractivity contribution < 1.29 is 32.7 Å². The van der Waals surface area contributed by atoms with Gasteiger partial charge in [-0.3, -0.25) is 14.5 Å². The number of carboxylic acids is 1. The summed E-state index contributed by atoms with van der Waals surface area (Å²) in [7, 11) is 1.70. The van der Waals surface area contributed by atoms with Gasteiger partial charge in [0.25, 0.3) is 5.91 Å². The van der Waals surface area contributed by atoms with Crippen LogP contribution in [0, 0.1) is 5.92 Å². The van der Waals surface area contributed by atoms with Gasteiger partial charge in [-0.15, -0.1) is 11.3 Å². The van der Waals surface area contributed by atoms with Crippen molar-refractivity contribution in [2.75, 3.05) is 20.1 Å². The minimum atomic E-state index is -5.08.